The van der Waals surface area contributed by atoms with Crippen LogP contribution in [0.15, 0.2) is 24.3 Å². The van der Waals surface area contributed by atoms with Gasteiger partial charge in [0.05, 0.1) is 0 Å². The molecule has 0 spiro atoms. The highest BCUT2D eigenvalue weighted by Crippen LogP contribution is 2.17. The van der Waals surface area contributed by atoms with Gasteiger partial charge in [-0.2, -0.15) is 0 Å². The summed E-state index contributed by atoms with van der Waals surface area (Å²) in [5.74, 6) is 0.625. The van der Waals surface area contributed by atoms with Gasteiger partial charge in [0.1, 0.15) is 5.78 Å². The number of benzene rings is 1. The minimum Gasteiger partial charge on any atom is -0.305 e. The monoisotopic (exact) mass is 217 g/mol. The molecule has 86 valence electrons. The number of likely N-dealkylation sites (tertiary alicyclic amines) is 1. The Kier molecular flexibility index (Phi) is 3.39. The third-order valence-electron chi connectivity index (χ3n) is 3.33. The van der Waals surface area contributed by atoms with E-state index in [1.807, 2.05) is 0 Å². The third kappa shape index (κ3) is 2.70. The summed E-state index contributed by atoms with van der Waals surface area (Å²) in [5.41, 5.74) is 2.55. The normalized spacial score (nSPS) is 22.4. The fraction of sp³-hybridized carbons (Fsp3) is 0.500. The van der Waals surface area contributed by atoms with E-state index in [0.717, 1.165) is 19.5 Å². The minimum atomic E-state index is 0.196. The van der Waals surface area contributed by atoms with E-state index in [4.69, 9.17) is 0 Å². The van der Waals surface area contributed by atoms with Crippen molar-refractivity contribution in [1.82, 2.24) is 4.90 Å². The summed E-state index contributed by atoms with van der Waals surface area (Å²) in [6.45, 7) is 3.92. The molecule has 2 heteroatoms. The van der Waals surface area contributed by atoms with Crippen LogP contribution in [-0.2, 0) is 11.2 Å². The molecule has 2 rings (SSSR count). The number of hydrogen-bond donors (Lipinski definition) is 0. The Hall–Kier alpha value is -1.15. The van der Waals surface area contributed by atoms with Crippen LogP contribution in [0.25, 0.3) is 0 Å². The number of aryl methyl sites for hydroxylation is 1. The molecule has 1 heterocycles. The molecular formula is C14H19NO. The molecule has 1 unspecified atom stereocenters. The fourth-order valence-electron chi connectivity index (χ4n) is 2.26. The van der Waals surface area contributed by atoms with E-state index < -0.39 is 0 Å². The second kappa shape index (κ2) is 4.79. The van der Waals surface area contributed by atoms with Crippen LogP contribution < -0.4 is 0 Å². The zero-order valence-electron chi connectivity index (χ0n) is 10.1. The van der Waals surface area contributed by atoms with Gasteiger partial charge in [0, 0.05) is 25.4 Å². The highest BCUT2D eigenvalue weighted by molar-refractivity contribution is 5.82. The van der Waals surface area contributed by atoms with Crippen molar-refractivity contribution in [3.05, 3.63) is 35.4 Å². The maximum atomic E-state index is 11.8. The first kappa shape index (κ1) is 11.3. The smallest absolute Gasteiger partial charge is 0.138 e. The molecule has 2 nitrogen and oxygen atoms in total. The van der Waals surface area contributed by atoms with E-state index in [2.05, 4.69) is 43.1 Å². The van der Waals surface area contributed by atoms with Gasteiger partial charge in [-0.05, 0) is 26.0 Å². The molecule has 0 saturated carbocycles. The van der Waals surface area contributed by atoms with E-state index >= 15 is 0 Å². The van der Waals surface area contributed by atoms with Gasteiger partial charge in [0.2, 0.25) is 0 Å². The standard InChI is InChI=1S/C14H19NO/c1-11-3-5-12(6-4-11)9-13-10-15(2)8-7-14(13)16/h3-6,13H,7-10H2,1-2H3. The summed E-state index contributed by atoms with van der Waals surface area (Å²) < 4.78 is 0. The number of hydrogen-bond acceptors (Lipinski definition) is 2. The predicted octanol–water partition coefficient (Wildman–Crippen LogP) is 2.06. The van der Waals surface area contributed by atoms with Gasteiger partial charge in [0.15, 0.2) is 0 Å². The van der Waals surface area contributed by atoms with Crippen LogP contribution in [0.3, 0.4) is 0 Å². The summed E-state index contributed by atoms with van der Waals surface area (Å²) in [6, 6.07) is 8.51. The van der Waals surface area contributed by atoms with Crippen LogP contribution in [0.2, 0.25) is 0 Å². The zero-order valence-corrected chi connectivity index (χ0v) is 10.1. The first-order valence-corrected chi connectivity index (χ1v) is 5.92. The van der Waals surface area contributed by atoms with Crippen molar-refractivity contribution in [2.24, 2.45) is 5.92 Å². The molecule has 1 fully saturated rings. The quantitative estimate of drug-likeness (QED) is 0.755. The lowest BCUT2D eigenvalue weighted by atomic mass is 9.90. The molecule has 1 aliphatic rings. The maximum Gasteiger partial charge on any atom is 0.138 e. The van der Waals surface area contributed by atoms with Crippen molar-refractivity contribution in [3.8, 4) is 0 Å². The fourth-order valence-corrected chi connectivity index (χ4v) is 2.26. The number of carbonyl (C=O) groups is 1. The first-order valence-electron chi connectivity index (χ1n) is 5.92. The van der Waals surface area contributed by atoms with Crippen molar-refractivity contribution in [2.75, 3.05) is 20.1 Å². The van der Waals surface area contributed by atoms with E-state index in [9.17, 15) is 4.79 Å². The minimum absolute atomic E-state index is 0.196. The molecule has 0 radical (unpaired) electrons. The average molecular weight is 217 g/mol. The van der Waals surface area contributed by atoms with E-state index in [1.54, 1.807) is 0 Å². The number of Topliss-reactive ketones (excluding diaryl/α,β-unsaturated/α-hetero) is 1. The Balaban J connectivity index is 2.02. The van der Waals surface area contributed by atoms with Gasteiger partial charge in [-0.3, -0.25) is 4.79 Å². The van der Waals surface area contributed by atoms with Gasteiger partial charge >= 0.3 is 0 Å². The number of nitrogens with zero attached hydrogens (tertiary/aromatic N) is 1. The van der Waals surface area contributed by atoms with Gasteiger partial charge in [-0.25, -0.2) is 0 Å². The second-order valence-electron chi connectivity index (χ2n) is 4.87. The largest absolute Gasteiger partial charge is 0.305 e. The average Bonchev–Trinajstić information content (AvgIpc) is 2.27. The molecule has 0 N–H and O–H groups in total. The number of rotatable bonds is 2. The molecule has 1 saturated heterocycles. The topological polar surface area (TPSA) is 20.3 Å². The van der Waals surface area contributed by atoms with Gasteiger partial charge in [0.25, 0.3) is 0 Å². The van der Waals surface area contributed by atoms with Crippen LogP contribution >= 0.6 is 0 Å². The lowest BCUT2D eigenvalue weighted by Crippen LogP contribution is -2.39. The Labute approximate surface area is 97.3 Å². The van der Waals surface area contributed by atoms with E-state index in [0.29, 0.717) is 12.2 Å². The third-order valence-corrected chi connectivity index (χ3v) is 3.33. The van der Waals surface area contributed by atoms with Crippen molar-refractivity contribution < 1.29 is 4.79 Å². The van der Waals surface area contributed by atoms with Crippen LogP contribution in [-0.4, -0.2) is 30.8 Å². The number of ketones is 1. The van der Waals surface area contributed by atoms with Crippen LogP contribution in [0.4, 0.5) is 0 Å². The summed E-state index contributed by atoms with van der Waals surface area (Å²) in [4.78, 5) is 14.0. The van der Waals surface area contributed by atoms with Gasteiger partial charge in [-0.15, -0.1) is 0 Å². The number of carbonyl (C=O) groups excluding carboxylic acids is 1. The lowest BCUT2D eigenvalue weighted by molar-refractivity contribution is -0.125. The molecule has 16 heavy (non-hydrogen) atoms. The molecule has 0 amide bonds. The molecule has 1 atom stereocenters. The summed E-state index contributed by atoms with van der Waals surface area (Å²) in [6.07, 6.45) is 1.61. The summed E-state index contributed by atoms with van der Waals surface area (Å²) >= 11 is 0. The molecule has 0 bridgehead atoms. The van der Waals surface area contributed by atoms with Crippen LogP contribution in [0.1, 0.15) is 17.5 Å². The first-order chi connectivity index (χ1) is 7.65. The van der Waals surface area contributed by atoms with Gasteiger partial charge < -0.3 is 4.90 Å². The van der Waals surface area contributed by atoms with Crippen molar-refractivity contribution in [3.63, 3.8) is 0 Å². The molecule has 0 aliphatic carbocycles. The van der Waals surface area contributed by atoms with Crippen LogP contribution in [0, 0.1) is 12.8 Å². The second-order valence-corrected chi connectivity index (χ2v) is 4.87. The van der Waals surface area contributed by atoms with Crippen molar-refractivity contribution in [2.45, 2.75) is 19.8 Å². The van der Waals surface area contributed by atoms with Gasteiger partial charge in [-0.1, -0.05) is 29.8 Å². The Morgan fingerprint density at radius 1 is 1.31 bits per heavy atom. The van der Waals surface area contributed by atoms with Crippen molar-refractivity contribution in [1.29, 1.82) is 0 Å². The Morgan fingerprint density at radius 3 is 2.69 bits per heavy atom. The maximum absolute atomic E-state index is 11.8. The zero-order chi connectivity index (χ0) is 11.5. The Morgan fingerprint density at radius 2 is 2.00 bits per heavy atom. The van der Waals surface area contributed by atoms with E-state index in [-0.39, 0.29) is 5.92 Å². The summed E-state index contributed by atoms with van der Waals surface area (Å²) in [7, 11) is 2.09. The SMILES string of the molecule is Cc1ccc(CC2CN(C)CCC2=O)cc1. The molecular weight excluding hydrogens is 198 g/mol. The Bertz CT molecular complexity index is 369. The highest BCUT2D eigenvalue weighted by Gasteiger charge is 2.25. The molecule has 0 aromatic heterocycles. The van der Waals surface area contributed by atoms with E-state index in [1.165, 1.54) is 11.1 Å². The number of piperidine rings is 1. The highest BCUT2D eigenvalue weighted by atomic mass is 16.1. The molecule has 1 aromatic rings. The lowest BCUT2D eigenvalue weighted by Gasteiger charge is -2.28. The molecule has 1 aliphatic heterocycles. The predicted molar refractivity (Wildman–Crippen MR) is 65.5 cm³/mol. The molecule has 1 aromatic carbocycles. The van der Waals surface area contributed by atoms with Crippen LogP contribution in [0.5, 0.6) is 0 Å². The van der Waals surface area contributed by atoms with Crippen molar-refractivity contribution >= 4 is 5.78 Å². The summed E-state index contributed by atoms with van der Waals surface area (Å²) in [5, 5.41) is 0.